The SMILES string of the molecule is Cc1nnn(C)c1-c1cnc2c3ccc(C(C)(C)O)cc3n(C(c3ccc(F)cc3)C3CCOCC3)c2c1. The highest BCUT2D eigenvalue weighted by Crippen LogP contribution is 2.42. The fourth-order valence-corrected chi connectivity index (χ4v) is 5.89. The molecule has 5 aromatic rings. The maximum atomic E-state index is 14.0. The van der Waals surface area contributed by atoms with Crippen molar-refractivity contribution in [1.82, 2.24) is 24.5 Å². The van der Waals surface area contributed by atoms with Gasteiger partial charge in [-0.15, -0.1) is 5.10 Å². The van der Waals surface area contributed by atoms with Crippen LogP contribution in [0.25, 0.3) is 33.2 Å². The average Bonchev–Trinajstić information content (AvgIpc) is 3.41. The number of hydrogen-bond donors (Lipinski definition) is 1. The summed E-state index contributed by atoms with van der Waals surface area (Å²) in [6, 6.07) is 15.0. The Morgan fingerprint density at radius 3 is 2.45 bits per heavy atom. The van der Waals surface area contributed by atoms with E-state index in [1.165, 1.54) is 12.1 Å². The van der Waals surface area contributed by atoms with Crippen LogP contribution in [-0.2, 0) is 17.4 Å². The number of fused-ring (bicyclic) bond motifs is 3. The van der Waals surface area contributed by atoms with E-state index in [9.17, 15) is 9.50 Å². The van der Waals surface area contributed by atoms with Crippen molar-refractivity contribution in [2.75, 3.05) is 13.2 Å². The van der Waals surface area contributed by atoms with E-state index in [0.717, 1.165) is 62.9 Å². The van der Waals surface area contributed by atoms with Crippen molar-refractivity contribution < 1.29 is 14.2 Å². The summed E-state index contributed by atoms with van der Waals surface area (Å²) < 4.78 is 23.9. The maximum Gasteiger partial charge on any atom is 0.123 e. The third-order valence-electron chi connectivity index (χ3n) is 7.82. The number of aryl methyl sites for hydroxylation is 2. The third-order valence-corrected chi connectivity index (χ3v) is 7.82. The molecule has 2 aromatic carbocycles. The van der Waals surface area contributed by atoms with Crippen molar-refractivity contribution >= 4 is 21.9 Å². The summed E-state index contributed by atoms with van der Waals surface area (Å²) in [7, 11) is 1.88. The Morgan fingerprint density at radius 2 is 1.79 bits per heavy atom. The quantitative estimate of drug-likeness (QED) is 0.327. The Balaban J connectivity index is 1.69. The number of rotatable bonds is 5. The summed E-state index contributed by atoms with van der Waals surface area (Å²) in [5.74, 6) is 0.0247. The number of nitrogens with zero attached hydrogens (tertiary/aromatic N) is 5. The topological polar surface area (TPSA) is 78.0 Å². The molecule has 196 valence electrons. The second kappa shape index (κ2) is 9.29. The Labute approximate surface area is 220 Å². The van der Waals surface area contributed by atoms with Crippen molar-refractivity contribution in [2.45, 2.75) is 45.3 Å². The standard InChI is InChI=1S/C30H32FN5O2/c1-18-28(35(4)34-33-18)21-15-26-27(32-17-21)24-10-7-22(30(2,3)37)16-25(24)36(26)29(20-11-13-38-14-12-20)19-5-8-23(31)9-6-19/h5-10,15-17,20,29,37H,11-14H2,1-4H3. The average molecular weight is 514 g/mol. The summed E-state index contributed by atoms with van der Waals surface area (Å²) >= 11 is 0. The first-order valence-corrected chi connectivity index (χ1v) is 13.1. The molecule has 4 heterocycles. The van der Waals surface area contributed by atoms with Crippen molar-refractivity contribution in [3.8, 4) is 11.3 Å². The molecule has 38 heavy (non-hydrogen) atoms. The van der Waals surface area contributed by atoms with Gasteiger partial charge in [0.25, 0.3) is 0 Å². The van der Waals surface area contributed by atoms with Gasteiger partial charge in [0.15, 0.2) is 0 Å². The molecule has 0 saturated carbocycles. The van der Waals surface area contributed by atoms with Crippen LogP contribution in [0.5, 0.6) is 0 Å². The molecule has 6 rings (SSSR count). The summed E-state index contributed by atoms with van der Waals surface area (Å²) in [6.45, 7) is 6.92. The van der Waals surface area contributed by atoms with E-state index in [1.54, 1.807) is 18.5 Å². The predicted molar refractivity (Wildman–Crippen MR) is 145 cm³/mol. The van der Waals surface area contributed by atoms with Crippen LogP contribution >= 0.6 is 0 Å². The second-order valence-corrected chi connectivity index (χ2v) is 10.8. The van der Waals surface area contributed by atoms with Crippen molar-refractivity contribution in [1.29, 1.82) is 0 Å². The minimum atomic E-state index is -1.00. The number of pyridine rings is 1. The smallest absolute Gasteiger partial charge is 0.123 e. The molecule has 8 heteroatoms. The molecular weight excluding hydrogens is 481 g/mol. The first kappa shape index (κ1) is 24.7. The molecular formula is C30H32FN5O2. The summed E-state index contributed by atoms with van der Waals surface area (Å²) in [5.41, 5.74) is 6.39. The molecule has 7 nitrogen and oxygen atoms in total. The number of halogens is 1. The lowest BCUT2D eigenvalue weighted by Gasteiger charge is -2.33. The van der Waals surface area contributed by atoms with Crippen molar-refractivity contribution in [3.05, 3.63) is 77.4 Å². The van der Waals surface area contributed by atoms with Gasteiger partial charge in [0.1, 0.15) is 5.82 Å². The predicted octanol–water partition coefficient (Wildman–Crippen LogP) is 5.68. The van der Waals surface area contributed by atoms with Crippen LogP contribution in [0.1, 0.15) is 49.6 Å². The third kappa shape index (κ3) is 4.18. The zero-order valence-corrected chi connectivity index (χ0v) is 22.1. The minimum Gasteiger partial charge on any atom is -0.386 e. The van der Waals surface area contributed by atoms with Crippen molar-refractivity contribution in [3.63, 3.8) is 0 Å². The van der Waals surface area contributed by atoms with Crippen LogP contribution in [0.4, 0.5) is 4.39 Å². The van der Waals surface area contributed by atoms with E-state index in [1.807, 2.05) is 38.4 Å². The molecule has 0 bridgehead atoms. The monoisotopic (exact) mass is 513 g/mol. The lowest BCUT2D eigenvalue weighted by atomic mass is 9.86. The lowest BCUT2D eigenvalue weighted by Crippen LogP contribution is -2.27. The van der Waals surface area contributed by atoms with Gasteiger partial charge in [-0.1, -0.05) is 29.5 Å². The minimum absolute atomic E-state index is 0.0700. The van der Waals surface area contributed by atoms with E-state index in [2.05, 4.69) is 33.1 Å². The molecule has 0 radical (unpaired) electrons. The molecule has 1 fully saturated rings. The van der Waals surface area contributed by atoms with E-state index in [-0.39, 0.29) is 17.8 Å². The zero-order chi connectivity index (χ0) is 26.6. The Kier molecular flexibility index (Phi) is 6.04. The van der Waals surface area contributed by atoms with Crippen molar-refractivity contribution in [2.24, 2.45) is 13.0 Å². The fraction of sp³-hybridized carbons (Fsp3) is 0.367. The number of benzene rings is 2. The number of aromatic nitrogens is 5. The zero-order valence-electron chi connectivity index (χ0n) is 22.1. The van der Waals surface area contributed by atoms with E-state index >= 15 is 0 Å². The van der Waals surface area contributed by atoms with Crippen LogP contribution in [0.2, 0.25) is 0 Å². The van der Waals surface area contributed by atoms with Gasteiger partial charge in [-0.3, -0.25) is 4.98 Å². The first-order valence-electron chi connectivity index (χ1n) is 13.1. The van der Waals surface area contributed by atoms with Gasteiger partial charge in [-0.25, -0.2) is 9.07 Å². The molecule has 1 aliphatic rings. The van der Waals surface area contributed by atoms with Gasteiger partial charge < -0.3 is 14.4 Å². The summed E-state index contributed by atoms with van der Waals surface area (Å²) in [6.07, 6.45) is 3.67. The molecule has 1 aliphatic heterocycles. The summed E-state index contributed by atoms with van der Waals surface area (Å²) in [4.78, 5) is 4.96. The van der Waals surface area contributed by atoms with Crippen LogP contribution in [-0.4, -0.2) is 42.9 Å². The highest BCUT2D eigenvalue weighted by molar-refractivity contribution is 6.07. The molecule has 1 N–H and O–H groups in total. The lowest BCUT2D eigenvalue weighted by molar-refractivity contribution is 0.0552. The van der Waals surface area contributed by atoms with Gasteiger partial charge in [-0.2, -0.15) is 0 Å². The Bertz CT molecular complexity index is 1610. The number of hydrogen-bond acceptors (Lipinski definition) is 5. The molecule has 0 aliphatic carbocycles. The normalized spacial score (nSPS) is 15.9. The molecule has 0 amide bonds. The summed E-state index contributed by atoms with van der Waals surface area (Å²) in [5, 5.41) is 20.3. The van der Waals surface area contributed by atoms with E-state index in [0.29, 0.717) is 13.2 Å². The van der Waals surface area contributed by atoms with Gasteiger partial charge in [-0.05, 0) is 74.9 Å². The highest BCUT2D eigenvalue weighted by atomic mass is 19.1. The van der Waals surface area contributed by atoms with E-state index in [4.69, 9.17) is 9.72 Å². The Morgan fingerprint density at radius 1 is 1.05 bits per heavy atom. The van der Waals surface area contributed by atoms with Gasteiger partial charge in [0.05, 0.1) is 39.6 Å². The molecule has 1 unspecified atom stereocenters. The Hall–Kier alpha value is -3.62. The van der Waals surface area contributed by atoms with Crippen LogP contribution < -0.4 is 0 Å². The highest BCUT2D eigenvalue weighted by Gasteiger charge is 2.31. The van der Waals surface area contributed by atoms with Gasteiger partial charge in [0.2, 0.25) is 0 Å². The van der Waals surface area contributed by atoms with Gasteiger partial charge >= 0.3 is 0 Å². The second-order valence-electron chi connectivity index (χ2n) is 10.8. The molecule has 3 aromatic heterocycles. The van der Waals surface area contributed by atoms with Gasteiger partial charge in [0, 0.05) is 37.4 Å². The molecule has 1 saturated heterocycles. The largest absolute Gasteiger partial charge is 0.386 e. The van der Waals surface area contributed by atoms with Crippen LogP contribution in [0.15, 0.2) is 54.7 Å². The van der Waals surface area contributed by atoms with Crippen LogP contribution in [0.3, 0.4) is 0 Å². The molecule has 1 atom stereocenters. The molecule has 0 spiro atoms. The van der Waals surface area contributed by atoms with Crippen LogP contribution in [0, 0.1) is 18.7 Å². The first-order chi connectivity index (χ1) is 18.2. The maximum absolute atomic E-state index is 14.0. The number of ether oxygens (including phenoxy) is 1. The fourth-order valence-electron chi connectivity index (χ4n) is 5.89. The van der Waals surface area contributed by atoms with E-state index < -0.39 is 5.60 Å². The number of aliphatic hydroxyl groups is 1.